The largest absolute Gasteiger partial charge is 0.474 e. The van der Waals surface area contributed by atoms with E-state index < -0.39 is 23.7 Å². The van der Waals surface area contributed by atoms with Crippen LogP contribution in [0.1, 0.15) is 12.8 Å². The summed E-state index contributed by atoms with van der Waals surface area (Å²) in [5.41, 5.74) is 4.20. The Balaban J connectivity index is 0.000000255. The molecule has 3 amide bonds. The molecule has 1 aliphatic rings. The molecule has 1 aliphatic heterocycles. The first-order valence-corrected chi connectivity index (χ1v) is 3.43. The molecule has 0 spiro atoms. The predicted octanol–water partition coefficient (Wildman–Crippen LogP) is -1.92. The van der Waals surface area contributed by atoms with Crippen molar-refractivity contribution in [1.82, 2.24) is 5.06 Å². The van der Waals surface area contributed by atoms with Gasteiger partial charge in [-0.1, -0.05) is 0 Å². The molecule has 14 heavy (non-hydrogen) atoms. The van der Waals surface area contributed by atoms with Gasteiger partial charge in [0, 0.05) is 12.8 Å². The maximum Gasteiger partial charge on any atom is 0.394 e. The maximum atomic E-state index is 10.2. The van der Waals surface area contributed by atoms with Crippen LogP contribution in [0.3, 0.4) is 0 Å². The Labute approximate surface area is 77.9 Å². The van der Waals surface area contributed by atoms with Crippen molar-refractivity contribution in [3.8, 4) is 0 Å². The third-order valence-corrected chi connectivity index (χ3v) is 1.24. The standard InChI is InChI=1S/C4H5NO3.C2H3NO3/c6-3-1-2-4(7)5(3)8;3-1(4)2(5)6/h8H,1-2H2;(H2,3,4)(H,5,6). The summed E-state index contributed by atoms with van der Waals surface area (Å²) >= 11 is 0. The fraction of sp³-hybridized carbons (Fsp3) is 0.333. The highest BCUT2D eigenvalue weighted by atomic mass is 16.5. The SMILES string of the molecule is NC(=O)C(=O)O.O=C1CCC(=O)N1O. The van der Waals surface area contributed by atoms with Crippen molar-refractivity contribution >= 4 is 23.7 Å². The van der Waals surface area contributed by atoms with E-state index in [0.717, 1.165) is 0 Å². The molecule has 0 saturated carbocycles. The Morgan fingerprint density at radius 3 is 1.57 bits per heavy atom. The molecule has 1 saturated heterocycles. The third kappa shape index (κ3) is 3.63. The van der Waals surface area contributed by atoms with Crippen LogP contribution < -0.4 is 5.73 Å². The summed E-state index contributed by atoms with van der Waals surface area (Å²) in [6.45, 7) is 0. The number of hydrogen-bond donors (Lipinski definition) is 3. The van der Waals surface area contributed by atoms with Gasteiger partial charge in [-0.25, -0.2) is 4.79 Å². The van der Waals surface area contributed by atoms with Gasteiger partial charge in [0.15, 0.2) is 0 Å². The van der Waals surface area contributed by atoms with E-state index in [9.17, 15) is 19.2 Å². The van der Waals surface area contributed by atoms with Crippen LogP contribution in [0.4, 0.5) is 0 Å². The van der Waals surface area contributed by atoms with E-state index in [1.807, 2.05) is 0 Å². The highest BCUT2D eigenvalue weighted by molar-refractivity contribution is 6.30. The topological polar surface area (TPSA) is 138 Å². The first-order valence-electron chi connectivity index (χ1n) is 3.43. The Kier molecular flexibility index (Phi) is 4.23. The lowest BCUT2D eigenvalue weighted by Gasteiger charge is -1.98. The van der Waals surface area contributed by atoms with Crippen molar-refractivity contribution in [3.05, 3.63) is 0 Å². The molecule has 78 valence electrons. The zero-order chi connectivity index (χ0) is 11.3. The summed E-state index contributed by atoms with van der Waals surface area (Å²) in [5, 5.41) is 16.1. The van der Waals surface area contributed by atoms with Gasteiger partial charge in [-0.2, -0.15) is 5.06 Å². The lowest BCUT2D eigenvalue weighted by Crippen LogP contribution is -2.24. The summed E-state index contributed by atoms with van der Waals surface area (Å²) in [7, 11) is 0. The molecule has 1 rings (SSSR count). The number of carboxylic acid groups (broad SMARTS) is 1. The van der Waals surface area contributed by atoms with Crippen LogP contribution >= 0.6 is 0 Å². The minimum atomic E-state index is -1.60. The van der Waals surface area contributed by atoms with Crippen LogP contribution in [-0.2, 0) is 19.2 Å². The van der Waals surface area contributed by atoms with Crippen molar-refractivity contribution in [1.29, 1.82) is 0 Å². The van der Waals surface area contributed by atoms with Gasteiger partial charge >= 0.3 is 11.9 Å². The van der Waals surface area contributed by atoms with E-state index in [1.54, 1.807) is 0 Å². The second-order valence-electron chi connectivity index (χ2n) is 2.27. The molecule has 0 atom stereocenters. The molecule has 0 radical (unpaired) electrons. The molecule has 8 nitrogen and oxygen atoms in total. The molecule has 0 aromatic rings. The lowest BCUT2D eigenvalue weighted by atomic mass is 10.4. The summed E-state index contributed by atoms with van der Waals surface area (Å²) in [4.78, 5) is 39.0. The molecule has 0 aromatic carbocycles. The van der Waals surface area contributed by atoms with Crippen LogP contribution in [0.25, 0.3) is 0 Å². The molecular weight excluding hydrogens is 196 g/mol. The number of hydrogen-bond acceptors (Lipinski definition) is 5. The molecule has 0 aliphatic carbocycles. The minimum absolute atomic E-state index is 0.148. The number of nitrogens with zero attached hydrogens (tertiary/aromatic N) is 1. The Morgan fingerprint density at radius 2 is 1.50 bits per heavy atom. The maximum absolute atomic E-state index is 10.2. The van der Waals surface area contributed by atoms with E-state index in [1.165, 1.54) is 0 Å². The molecule has 4 N–H and O–H groups in total. The molecule has 1 heterocycles. The monoisotopic (exact) mass is 204 g/mol. The molecule has 8 heteroatoms. The number of aliphatic carboxylic acids is 1. The number of carboxylic acids is 1. The second kappa shape index (κ2) is 4.92. The predicted molar refractivity (Wildman–Crippen MR) is 39.7 cm³/mol. The van der Waals surface area contributed by atoms with Crippen molar-refractivity contribution in [3.63, 3.8) is 0 Å². The molecular formula is C6H8N2O6. The average molecular weight is 204 g/mol. The summed E-state index contributed by atoms with van der Waals surface area (Å²) in [6.07, 6.45) is 0.296. The van der Waals surface area contributed by atoms with Gasteiger partial charge in [-0.15, -0.1) is 0 Å². The number of amides is 3. The molecule has 0 unspecified atom stereocenters. The number of imide groups is 1. The van der Waals surface area contributed by atoms with Crippen LogP contribution in [0.15, 0.2) is 0 Å². The molecule has 1 fully saturated rings. The summed E-state index contributed by atoms with van der Waals surface area (Å²) in [6, 6.07) is 0. The first kappa shape index (κ1) is 12.0. The van der Waals surface area contributed by atoms with Gasteiger partial charge < -0.3 is 10.8 Å². The number of hydroxylamine groups is 2. The quantitative estimate of drug-likeness (QED) is 0.239. The van der Waals surface area contributed by atoms with E-state index in [-0.39, 0.29) is 17.9 Å². The van der Waals surface area contributed by atoms with Crippen LogP contribution in [-0.4, -0.2) is 39.1 Å². The Hall–Kier alpha value is -1.96. The summed E-state index contributed by atoms with van der Waals surface area (Å²) in [5.74, 6) is -3.94. The van der Waals surface area contributed by atoms with Crippen LogP contribution in [0, 0.1) is 0 Å². The zero-order valence-electron chi connectivity index (χ0n) is 6.97. The van der Waals surface area contributed by atoms with Crippen molar-refractivity contribution in [2.24, 2.45) is 5.73 Å². The molecule has 0 aromatic heterocycles. The number of carbonyl (C=O) groups excluding carboxylic acids is 3. The number of carbonyl (C=O) groups is 4. The smallest absolute Gasteiger partial charge is 0.394 e. The minimum Gasteiger partial charge on any atom is -0.474 e. The normalized spacial score (nSPS) is 14.8. The van der Waals surface area contributed by atoms with Gasteiger partial charge in [0.25, 0.3) is 11.8 Å². The van der Waals surface area contributed by atoms with Gasteiger partial charge in [0.05, 0.1) is 0 Å². The van der Waals surface area contributed by atoms with Crippen molar-refractivity contribution in [2.75, 3.05) is 0 Å². The number of nitrogens with two attached hydrogens (primary N) is 1. The zero-order valence-corrected chi connectivity index (χ0v) is 6.97. The second-order valence-corrected chi connectivity index (χ2v) is 2.27. The average Bonchev–Trinajstić information content (AvgIpc) is 2.37. The van der Waals surface area contributed by atoms with Gasteiger partial charge in [-0.05, 0) is 0 Å². The van der Waals surface area contributed by atoms with Crippen LogP contribution in [0.2, 0.25) is 0 Å². The van der Waals surface area contributed by atoms with Gasteiger partial charge in [0.1, 0.15) is 0 Å². The van der Waals surface area contributed by atoms with E-state index in [0.29, 0.717) is 0 Å². The highest BCUT2D eigenvalue weighted by Crippen LogP contribution is 2.06. The van der Waals surface area contributed by atoms with Crippen molar-refractivity contribution in [2.45, 2.75) is 12.8 Å². The summed E-state index contributed by atoms with van der Waals surface area (Å²) < 4.78 is 0. The lowest BCUT2D eigenvalue weighted by molar-refractivity contribution is -0.171. The van der Waals surface area contributed by atoms with Gasteiger partial charge in [-0.3, -0.25) is 19.6 Å². The molecule has 0 bridgehead atoms. The van der Waals surface area contributed by atoms with E-state index in [2.05, 4.69) is 5.73 Å². The van der Waals surface area contributed by atoms with E-state index in [4.69, 9.17) is 10.3 Å². The highest BCUT2D eigenvalue weighted by Gasteiger charge is 2.26. The first-order chi connectivity index (χ1) is 6.36. The number of rotatable bonds is 0. The Morgan fingerprint density at radius 1 is 1.21 bits per heavy atom. The van der Waals surface area contributed by atoms with Crippen molar-refractivity contribution < 1.29 is 29.5 Å². The van der Waals surface area contributed by atoms with E-state index >= 15 is 0 Å². The van der Waals surface area contributed by atoms with Crippen LogP contribution in [0.5, 0.6) is 0 Å². The fourth-order valence-corrected chi connectivity index (χ4v) is 0.565. The fourth-order valence-electron chi connectivity index (χ4n) is 0.565. The Bertz CT molecular complexity index is 258. The third-order valence-electron chi connectivity index (χ3n) is 1.24. The number of primary amides is 1. The van der Waals surface area contributed by atoms with Gasteiger partial charge in [0.2, 0.25) is 0 Å².